The van der Waals surface area contributed by atoms with E-state index in [9.17, 15) is 30.8 Å². The zero-order valence-electron chi connectivity index (χ0n) is 20.9. The van der Waals surface area contributed by atoms with Gasteiger partial charge in [0.25, 0.3) is 10.0 Å². The Hall–Kier alpha value is -2.22. The summed E-state index contributed by atoms with van der Waals surface area (Å²) >= 11 is 0. The van der Waals surface area contributed by atoms with Crippen LogP contribution in [-0.4, -0.2) is 77.2 Å². The minimum Gasteiger partial charge on any atom is -0.434 e. The number of carbonyl (C=O) groups excluding carboxylic acids is 1. The lowest BCUT2D eigenvalue weighted by Gasteiger charge is -2.50. The number of halogens is 5. The number of hydrogen-bond donors (Lipinski definition) is 0. The lowest BCUT2D eigenvalue weighted by molar-refractivity contribution is -0.0891. The summed E-state index contributed by atoms with van der Waals surface area (Å²) in [7, 11) is -2.11. The van der Waals surface area contributed by atoms with Gasteiger partial charge in [0, 0.05) is 64.2 Å². The Balaban J connectivity index is 0.00000400. The van der Waals surface area contributed by atoms with Gasteiger partial charge in [-0.3, -0.25) is 9.69 Å². The predicted molar refractivity (Wildman–Crippen MR) is 134 cm³/mol. The molecule has 1 saturated carbocycles. The van der Waals surface area contributed by atoms with Gasteiger partial charge in [0.2, 0.25) is 5.92 Å². The van der Waals surface area contributed by atoms with E-state index in [1.165, 1.54) is 35.0 Å². The van der Waals surface area contributed by atoms with Crippen LogP contribution in [0.3, 0.4) is 0 Å². The number of alkyl halides is 4. The number of carbonyl (C=O) groups is 1. The molecule has 0 spiro atoms. The lowest BCUT2D eigenvalue weighted by Crippen LogP contribution is -2.59. The Bertz CT molecular complexity index is 1210. The fourth-order valence-corrected chi connectivity index (χ4v) is 6.63. The number of nitrogens with zero attached hydrogens (tertiary/aromatic N) is 4. The quantitative estimate of drug-likeness (QED) is 0.323. The van der Waals surface area contributed by atoms with Crippen molar-refractivity contribution in [2.24, 2.45) is 7.05 Å². The number of rotatable bonds is 9. The van der Waals surface area contributed by atoms with Crippen molar-refractivity contribution < 1.29 is 35.5 Å². The Labute approximate surface area is 225 Å². The summed E-state index contributed by atoms with van der Waals surface area (Å²) in [4.78, 5) is 19.0. The highest BCUT2D eigenvalue weighted by molar-refractivity contribution is 7.89. The normalized spacial score (nSPS) is 20.2. The molecule has 0 N–H and O–H groups in total. The molecular weight excluding hydrogens is 552 g/mol. The number of piperazine rings is 1. The molecule has 0 bridgehead atoms. The van der Waals surface area contributed by atoms with Crippen molar-refractivity contribution in [3.05, 3.63) is 42.4 Å². The van der Waals surface area contributed by atoms with Crippen LogP contribution in [0.5, 0.6) is 5.75 Å². The average molecular weight is 583 g/mol. The largest absolute Gasteiger partial charge is 0.434 e. The van der Waals surface area contributed by atoms with Gasteiger partial charge in [-0.25, -0.2) is 22.2 Å². The summed E-state index contributed by atoms with van der Waals surface area (Å²) < 4.78 is 87.0. The van der Waals surface area contributed by atoms with Crippen molar-refractivity contribution >= 4 is 28.2 Å². The van der Waals surface area contributed by atoms with E-state index in [1.54, 1.807) is 17.7 Å². The van der Waals surface area contributed by atoms with Gasteiger partial charge in [-0.15, -0.1) is 12.4 Å². The van der Waals surface area contributed by atoms with Crippen LogP contribution in [0.2, 0.25) is 0 Å². The molecule has 0 radical (unpaired) electrons. The second-order valence-electron chi connectivity index (χ2n) is 9.65. The first-order valence-corrected chi connectivity index (χ1v) is 13.5. The maximum Gasteiger partial charge on any atom is 0.387 e. The number of sulfonamides is 1. The van der Waals surface area contributed by atoms with Crippen LogP contribution in [0.25, 0.3) is 0 Å². The molecule has 2 fully saturated rings. The van der Waals surface area contributed by atoms with Gasteiger partial charge < -0.3 is 9.30 Å². The number of aromatic nitrogens is 2. The van der Waals surface area contributed by atoms with Crippen molar-refractivity contribution in [1.82, 2.24) is 18.8 Å². The summed E-state index contributed by atoms with van der Waals surface area (Å²) in [6.45, 7) is -2.13. The molecule has 38 heavy (non-hydrogen) atoms. The van der Waals surface area contributed by atoms with Gasteiger partial charge in [-0.1, -0.05) is 12.1 Å². The summed E-state index contributed by atoms with van der Waals surface area (Å²) in [5, 5.41) is -0.0502. The number of benzene rings is 1. The molecule has 1 aliphatic carbocycles. The first-order valence-electron chi connectivity index (χ1n) is 12.1. The van der Waals surface area contributed by atoms with Gasteiger partial charge >= 0.3 is 6.61 Å². The smallest absolute Gasteiger partial charge is 0.387 e. The molecule has 14 heteroatoms. The minimum atomic E-state index is -3.78. The first kappa shape index (κ1) is 30.3. The Kier molecular flexibility index (Phi) is 9.49. The fourth-order valence-electron chi connectivity index (χ4n) is 5.24. The number of ether oxygens (including phenoxy) is 1. The second kappa shape index (κ2) is 11.9. The van der Waals surface area contributed by atoms with Crippen LogP contribution in [0.15, 0.2) is 41.8 Å². The molecule has 0 atom stereocenters. The van der Waals surface area contributed by atoms with Crippen molar-refractivity contribution in [2.75, 3.05) is 26.2 Å². The van der Waals surface area contributed by atoms with E-state index in [0.717, 1.165) is 0 Å². The number of Topliss-reactive ketones (excluding diaryl/α,β-unsaturated/α-hetero) is 1. The van der Waals surface area contributed by atoms with E-state index in [1.807, 2.05) is 4.90 Å². The van der Waals surface area contributed by atoms with E-state index in [2.05, 4.69) is 9.72 Å². The van der Waals surface area contributed by atoms with Gasteiger partial charge in [0.1, 0.15) is 5.75 Å². The highest BCUT2D eigenvalue weighted by Gasteiger charge is 2.47. The molecule has 0 amide bonds. The molecule has 0 unspecified atom stereocenters. The molecule has 1 aliphatic heterocycles. The Morgan fingerprint density at radius 3 is 2.29 bits per heavy atom. The molecule has 1 aromatic carbocycles. The van der Waals surface area contributed by atoms with Crippen LogP contribution in [0.4, 0.5) is 17.6 Å². The molecule has 2 aliphatic rings. The fraction of sp³-hybridized carbons (Fsp3) is 0.583. The number of para-hydroxylation sites is 1. The summed E-state index contributed by atoms with van der Waals surface area (Å²) in [5.41, 5.74) is -0.707. The van der Waals surface area contributed by atoms with Crippen LogP contribution < -0.4 is 4.74 Å². The van der Waals surface area contributed by atoms with E-state index >= 15 is 0 Å². The molecule has 4 rings (SSSR count). The number of imidazole rings is 1. The van der Waals surface area contributed by atoms with Crippen molar-refractivity contribution in [2.45, 2.75) is 61.6 Å². The molecule has 2 heterocycles. The number of ketones is 1. The summed E-state index contributed by atoms with van der Waals surface area (Å²) in [6.07, 6.45) is 2.66. The average Bonchev–Trinajstić information content (AvgIpc) is 3.31. The van der Waals surface area contributed by atoms with E-state index in [0.29, 0.717) is 13.1 Å². The maximum absolute atomic E-state index is 14.1. The highest BCUT2D eigenvalue weighted by atomic mass is 35.5. The van der Waals surface area contributed by atoms with E-state index in [4.69, 9.17) is 0 Å². The third kappa shape index (κ3) is 6.67. The number of hydrogen-bond acceptors (Lipinski definition) is 6. The molecular formula is C24H31ClF4N4O4S. The molecule has 8 nitrogen and oxygen atoms in total. The first-order chi connectivity index (χ1) is 17.4. The topological polar surface area (TPSA) is 84.7 Å². The monoisotopic (exact) mass is 582 g/mol. The molecule has 1 saturated heterocycles. The van der Waals surface area contributed by atoms with Gasteiger partial charge in [-0.2, -0.15) is 13.1 Å². The van der Waals surface area contributed by atoms with Crippen molar-refractivity contribution in [3.8, 4) is 5.75 Å². The van der Waals surface area contributed by atoms with Gasteiger partial charge in [0.15, 0.2) is 10.8 Å². The number of aryl methyl sites for hydroxylation is 1. The van der Waals surface area contributed by atoms with E-state index in [-0.39, 0.29) is 80.4 Å². The van der Waals surface area contributed by atoms with Crippen LogP contribution >= 0.6 is 12.4 Å². The lowest BCUT2D eigenvalue weighted by atomic mass is 9.74. The zero-order valence-corrected chi connectivity index (χ0v) is 22.5. The summed E-state index contributed by atoms with van der Waals surface area (Å²) in [5.74, 6) is -3.43. The van der Waals surface area contributed by atoms with Crippen LogP contribution in [-0.2, 0) is 17.1 Å². The Morgan fingerprint density at radius 1 is 1.08 bits per heavy atom. The third-order valence-corrected chi connectivity index (χ3v) is 9.11. The minimum absolute atomic E-state index is 0. The second-order valence-corrected chi connectivity index (χ2v) is 11.5. The zero-order chi connectivity index (χ0) is 26.8. The SMILES string of the molecule is Cl.Cn1cnc(S(=O)(=O)N2CCN(C3(CCC(=O)c4ccccc4OC(F)F)CCC(F)(F)CC3)CC2)c1. The standard InChI is InChI=1S/C24H30F4N4O4S.ClH/c1-30-16-21(29-17-30)37(34,35)32-14-12-31(13-15-32)23(8-10-24(27,28)11-9-23)7-6-19(33)18-4-2-3-5-20(18)36-22(25)26;/h2-5,16-17,22H,6-15H2,1H3;1H. The van der Waals surface area contributed by atoms with Crippen molar-refractivity contribution in [1.29, 1.82) is 0 Å². The molecule has 1 aromatic heterocycles. The van der Waals surface area contributed by atoms with Crippen molar-refractivity contribution in [3.63, 3.8) is 0 Å². The third-order valence-electron chi connectivity index (χ3n) is 7.33. The Morgan fingerprint density at radius 2 is 1.71 bits per heavy atom. The van der Waals surface area contributed by atoms with E-state index < -0.39 is 33.9 Å². The van der Waals surface area contributed by atoms with Gasteiger partial charge in [0.05, 0.1) is 11.9 Å². The van der Waals surface area contributed by atoms with Crippen LogP contribution in [0.1, 0.15) is 48.9 Å². The summed E-state index contributed by atoms with van der Waals surface area (Å²) in [6, 6.07) is 5.72. The van der Waals surface area contributed by atoms with Gasteiger partial charge in [-0.05, 0) is 31.4 Å². The predicted octanol–water partition coefficient (Wildman–Crippen LogP) is 4.36. The maximum atomic E-state index is 14.1. The molecule has 2 aromatic rings. The van der Waals surface area contributed by atoms with Crippen LogP contribution in [0, 0.1) is 0 Å². The highest BCUT2D eigenvalue weighted by Crippen LogP contribution is 2.44. The molecule has 212 valence electrons.